The standard InChI is InChI=1S/C13H12ClF3N2/c14-8-4-5-10-9-12(13(15,16)17)19(18-10)11-6-2-1-3-7-11/h1-3,6-7,9H,4-5,8H2. The van der Waals surface area contributed by atoms with Gasteiger partial charge in [0.15, 0.2) is 0 Å². The maximum Gasteiger partial charge on any atom is 0.433 e. The highest BCUT2D eigenvalue weighted by Gasteiger charge is 2.36. The van der Waals surface area contributed by atoms with Crippen LogP contribution in [0, 0.1) is 0 Å². The van der Waals surface area contributed by atoms with E-state index in [1.165, 1.54) is 0 Å². The van der Waals surface area contributed by atoms with Crippen LogP contribution in [0.1, 0.15) is 17.8 Å². The van der Waals surface area contributed by atoms with Gasteiger partial charge in [-0.15, -0.1) is 11.6 Å². The maximum absolute atomic E-state index is 13.0. The van der Waals surface area contributed by atoms with Gasteiger partial charge in [-0.05, 0) is 31.0 Å². The fourth-order valence-corrected chi connectivity index (χ4v) is 1.90. The minimum absolute atomic E-state index is 0.395. The van der Waals surface area contributed by atoms with Gasteiger partial charge in [-0.2, -0.15) is 18.3 Å². The lowest BCUT2D eigenvalue weighted by Gasteiger charge is -2.09. The summed E-state index contributed by atoms with van der Waals surface area (Å²) in [5.41, 5.74) is 0.0343. The van der Waals surface area contributed by atoms with Gasteiger partial charge in [-0.25, -0.2) is 4.68 Å². The Hall–Kier alpha value is -1.49. The van der Waals surface area contributed by atoms with Gasteiger partial charge in [0.1, 0.15) is 5.69 Å². The molecule has 0 fully saturated rings. The van der Waals surface area contributed by atoms with Gasteiger partial charge in [-0.1, -0.05) is 18.2 Å². The number of hydrogen-bond acceptors (Lipinski definition) is 1. The Bertz CT molecular complexity index is 535. The largest absolute Gasteiger partial charge is 0.433 e. The van der Waals surface area contributed by atoms with Gasteiger partial charge in [-0.3, -0.25) is 0 Å². The molecule has 2 aromatic rings. The van der Waals surface area contributed by atoms with Crippen molar-refractivity contribution in [3.8, 4) is 5.69 Å². The van der Waals surface area contributed by atoms with Crippen molar-refractivity contribution in [3.63, 3.8) is 0 Å². The van der Waals surface area contributed by atoms with Crippen molar-refractivity contribution < 1.29 is 13.2 Å². The number of para-hydroxylation sites is 1. The molecule has 19 heavy (non-hydrogen) atoms. The van der Waals surface area contributed by atoms with E-state index >= 15 is 0 Å². The summed E-state index contributed by atoms with van der Waals surface area (Å²) in [6, 6.07) is 9.36. The number of aryl methyl sites for hydroxylation is 1. The number of halogens is 4. The molecule has 102 valence electrons. The molecule has 0 radical (unpaired) electrons. The third kappa shape index (κ3) is 3.29. The van der Waals surface area contributed by atoms with Crippen molar-refractivity contribution >= 4 is 11.6 Å². The molecule has 6 heteroatoms. The fraction of sp³-hybridized carbons (Fsp3) is 0.308. The first-order chi connectivity index (χ1) is 9.02. The van der Waals surface area contributed by atoms with Crippen molar-refractivity contribution in [2.75, 3.05) is 5.88 Å². The first kappa shape index (κ1) is 13.9. The molecule has 1 heterocycles. The average Bonchev–Trinajstić information content (AvgIpc) is 2.81. The Balaban J connectivity index is 2.43. The summed E-state index contributed by atoms with van der Waals surface area (Å²) in [6.07, 6.45) is -3.39. The van der Waals surface area contributed by atoms with Crippen LogP contribution in [0.15, 0.2) is 36.4 Å². The number of hydrogen-bond donors (Lipinski definition) is 0. The second-order valence-electron chi connectivity index (χ2n) is 4.06. The lowest BCUT2D eigenvalue weighted by Crippen LogP contribution is -2.13. The van der Waals surface area contributed by atoms with Crippen molar-refractivity contribution in [2.45, 2.75) is 19.0 Å². The highest BCUT2D eigenvalue weighted by Crippen LogP contribution is 2.31. The average molecular weight is 289 g/mol. The predicted octanol–water partition coefficient (Wildman–Crippen LogP) is 4.06. The zero-order valence-corrected chi connectivity index (χ0v) is 10.7. The molecule has 2 rings (SSSR count). The normalized spacial score (nSPS) is 11.8. The van der Waals surface area contributed by atoms with E-state index in [1.54, 1.807) is 30.3 Å². The molecule has 0 atom stereocenters. The molecule has 1 aromatic carbocycles. The van der Waals surface area contributed by atoms with Gasteiger partial charge in [0, 0.05) is 5.88 Å². The fourth-order valence-electron chi connectivity index (χ4n) is 1.77. The van der Waals surface area contributed by atoms with E-state index in [4.69, 9.17) is 11.6 Å². The summed E-state index contributed by atoms with van der Waals surface area (Å²) in [7, 11) is 0. The SMILES string of the molecule is FC(F)(F)c1cc(CCCCl)nn1-c1ccccc1. The summed E-state index contributed by atoms with van der Waals surface area (Å²) in [4.78, 5) is 0. The molecule has 0 amide bonds. The zero-order valence-electron chi connectivity index (χ0n) is 9.99. The summed E-state index contributed by atoms with van der Waals surface area (Å²) in [6.45, 7) is 0. The number of rotatable bonds is 4. The van der Waals surface area contributed by atoms with Gasteiger partial charge >= 0.3 is 6.18 Å². The van der Waals surface area contributed by atoms with Crippen LogP contribution in [-0.2, 0) is 12.6 Å². The molecule has 0 unspecified atom stereocenters. The van der Waals surface area contributed by atoms with E-state index < -0.39 is 11.9 Å². The molecule has 0 N–H and O–H groups in total. The first-order valence-corrected chi connectivity index (χ1v) is 6.33. The number of alkyl halides is 4. The van der Waals surface area contributed by atoms with Crippen LogP contribution in [0.2, 0.25) is 0 Å². The lowest BCUT2D eigenvalue weighted by molar-refractivity contribution is -0.142. The second-order valence-corrected chi connectivity index (χ2v) is 4.44. The quantitative estimate of drug-likeness (QED) is 0.776. The van der Waals surface area contributed by atoms with Gasteiger partial charge in [0.25, 0.3) is 0 Å². The van der Waals surface area contributed by atoms with Gasteiger partial charge < -0.3 is 0 Å². The first-order valence-electron chi connectivity index (χ1n) is 5.80. The highest BCUT2D eigenvalue weighted by atomic mass is 35.5. The summed E-state index contributed by atoms with van der Waals surface area (Å²) in [5, 5.41) is 4.02. The Labute approximate surface area is 113 Å². The Morgan fingerprint density at radius 2 is 1.84 bits per heavy atom. The smallest absolute Gasteiger partial charge is 0.228 e. The van der Waals surface area contributed by atoms with Crippen LogP contribution in [0.5, 0.6) is 0 Å². The molecule has 0 spiro atoms. The molecule has 0 bridgehead atoms. The van der Waals surface area contributed by atoms with Crippen molar-refractivity contribution in [1.82, 2.24) is 9.78 Å². The molecule has 0 aliphatic rings. The van der Waals surface area contributed by atoms with E-state index in [2.05, 4.69) is 5.10 Å². The van der Waals surface area contributed by atoms with E-state index in [1.807, 2.05) is 0 Å². The third-order valence-corrected chi connectivity index (χ3v) is 2.88. The molecule has 1 aromatic heterocycles. The number of aromatic nitrogens is 2. The molecule has 0 saturated carbocycles. The Kier molecular flexibility index (Phi) is 4.14. The second kappa shape index (κ2) is 5.65. The monoisotopic (exact) mass is 288 g/mol. The summed E-state index contributed by atoms with van der Waals surface area (Å²) < 4.78 is 39.9. The molecule has 0 aliphatic carbocycles. The molecule has 0 aliphatic heterocycles. The van der Waals surface area contributed by atoms with Crippen molar-refractivity contribution in [3.05, 3.63) is 47.8 Å². The van der Waals surface area contributed by atoms with Gasteiger partial charge in [0.2, 0.25) is 0 Å². The predicted molar refractivity (Wildman–Crippen MR) is 67.6 cm³/mol. The summed E-state index contributed by atoms with van der Waals surface area (Å²) >= 11 is 5.55. The minimum Gasteiger partial charge on any atom is -0.228 e. The van der Waals surface area contributed by atoms with Crippen LogP contribution in [-0.4, -0.2) is 15.7 Å². The van der Waals surface area contributed by atoms with Crippen LogP contribution >= 0.6 is 11.6 Å². The van der Waals surface area contributed by atoms with Crippen LogP contribution in [0.25, 0.3) is 5.69 Å². The third-order valence-electron chi connectivity index (χ3n) is 2.62. The number of nitrogens with zero attached hydrogens (tertiary/aromatic N) is 2. The molecular weight excluding hydrogens is 277 g/mol. The maximum atomic E-state index is 13.0. The summed E-state index contributed by atoms with van der Waals surface area (Å²) in [5.74, 6) is 0.402. The van der Waals surface area contributed by atoms with Gasteiger partial charge in [0.05, 0.1) is 11.4 Å². The van der Waals surface area contributed by atoms with E-state index in [9.17, 15) is 13.2 Å². The minimum atomic E-state index is -4.43. The van der Waals surface area contributed by atoms with Crippen LogP contribution in [0.4, 0.5) is 13.2 Å². The van der Waals surface area contributed by atoms with E-state index in [0.29, 0.717) is 30.1 Å². The van der Waals surface area contributed by atoms with Crippen LogP contribution < -0.4 is 0 Å². The molecule has 0 saturated heterocycles. The number of benzene rings is 1. The molecule has 2 nitrogen and oxygen atoms in total. The zero-order chi connectivity index (χ0) is 13.9. The van der Waals surface area contributed by atoms with E-state index in [-0.39, 0.29) is 0 Å². The van der Waals surface area contributed by atoms with Crippen molar-refractivity contribution in [1.29, 1.82) is 0 Å². The highest BCUT2D eigenvalue weighted by molar-refractivity contribution is 6.17. The van der Waals surface area contributed by atoms with Crippen LogP contribution in [0.3, 0.4) is 0 Å². The Morgan fingerprint density at radius 1 is 1.16 bits per heavy atom. The van der Waals surface area contributed by atoms with E-state index in [0.717, 1.165) is 10.7 Å². The topological polar surface area (TPSA) is 17.8 Å². The lowest BCUT2D eigenvalue weighted by atomic mass is 10.2. The molecular formula is C13H12ClF3N2. The van der Waals surface area contributed by atoms with Crippen molar-refractivity contribution in [2.24, 2.45) is 0 Å². The Morgan fingerprint density at radius 3 is 2.42 bits per heavy atom.